The molecule has 1 amide bonds. The van der Waals surface area contributed by atoms with Gasteiger partial charge in [0, 0.05) is 4.88 Å². The van der Waals surface area contributed by atoms with E-state index in [0.29, 0.717) is 6.54 Å². The lowest BCUT2D eigenvalue weighted by Gasteiger charge is -2.01. The van der Waals surface area contributed by atoms with Gasteiger partial charge in [-0.1, -0.05) is 0 Å². The molecule has 15 heavy (non-hydrogen) atoms. The standard InChI is InChI=1S/C9H10BrNO3S/c1-14-9(13)4-8(12)11-5-6-2-3-7(10)15-6/h2-3H,4-5H2,1H3,(H,11,12). The molecule has 1 N–H and O–H groups in total. The van der Waals surface area contributed by atoms with Crippen LogP contribution in [0.2, 0.25) is 0 Å². The van der Waals surface area contributed by atoms with Crippen LogP contribution >= 0.6 is 27.3 Å². The van der Waals surface area contributed by atoms with Crippen LogP contribution < -0.4 is 5.32 Å². The van der Waals surface area contributed by atoms with Crippen LogP contribution in [-0.2, 0) is 20.9 Å². The lowest BCUT2D eigenvalue weighted by atomic mass is 10.4. The van der Waals surface area contributed by atoms with Crippen molar-refractivity contribution >= 4 is 39.1 Å². The Morgan fingerprint density at radius 3 is 2.80 bits per heavy atom. The van der Waals surface area contributed by atoms with Crippen LogP contribution in [0, 0.1) is 0 Å². The predicted octanol–water partition coefficient (Wildman–Crippen LogP) is 1.69. The minimum Gasteiger partial charge on any atom is -0.469 e. The summed E-state index contributed by atoms with van der Waals surface area (Å²) in [6.45, 7) is 0.437. The first kappa shape index (κ1) is 12.2. The molecule has 0 saturated carbocycles. The fourth-order valence-electron chi connectivity index (χ4n) is 0.898. The molecule has 0 spiro atoms. The molecule has 6 heteroatoms. The van der Waals surface area contributed by atoms with Crippen LogP contribution in [0.5, 0.6) is 0 Å². The van der Waals surface area contributed by atoms with Crippen molar-refractivity contribution in [2.75, 3.05) is 7.11 Å². The van der Waals surface area contributed by atoms with Crippen molar-refractivity contribution in [1.29, 1.82) is 0 Å². The SMILES string of the molecule is COC(=O)CC(=O)NCc1ccc(Br)s1. The first-order chi connectivity index (χ1) is 7.11. The molecule has 0 aliphatic rings. The second-order valence-electron chi connectivity index (χ2n) is 2.74. The second-order valence-corrected chi connectivity index (χ2v) is 5.28. The molecule has 1 heterocycles. The number of nitrogens with one attached hydrogen (secondary N) is 1. The first-order valence-corrected chi connectivity index (χ1v) is 5.80. The topological polar surface area (TPSA) is 55.4 Å². The summed E-state index contributed by atoms with van der Waals surface area (Å²) in [5.41, 5.74) is 0. The molecule has 82 valence electrons. The van der Waals surface area contributed by atoms with Crippen molar-refractivity contribution in [2.45, 2.75) is 13.0 Å². The molecule has 0 atom stereocenters. The van der Waals surface area contributed by atoms with Crippen LogP contribution in [0.15, 0.2) is 15.9 Å². The minimum absolute atomic E-state index is 0.233. The fourth-order valence-corrected chi connectivity index (χ4v) is 2.32. The molecule has 0 saturated heterocycles. The van der Waals surface area contributed by atoms with Gasteiger partial charge in [0.25, 0.3) is 0 Å². The van der Waals surface area contributed by atoms with E-state index < -0.39 is 5.97 Å². The number of thiophene rings is 1. The molecule has 0 fully saturated rings. The third-order valence-electron chi connectivity index (χ3n) is 1.62. The minimum atomic E-state index is -0.528. The number of hydrogen-bond donors (Lipinski definition) is 1. The van der Waals surface area contributed by atoms with E-state index in [1.807, 2.05) is 12.1 Å². The Labute approximate surface area is 99.8 Å². The van der Waals surface area contributed by atoms with E-state index in [9.17, 15) is 9.59 Å². The highest BCUT2D eigenvalue weighted by atomic mass is 79.9. The summed E-state index contributed by atoms with van der Waals surface area (Å²) in [6.07, 6.45) is -0.233. The molecule has 1 aromatic heterocycles. The monoisotopic (exact) mass is 291 g/mol. The van der Waals surface area contributed by atoms with E-state index in [2.05, 4.69) is 26.0 Å². The normalized spacial score (nSPS) is 9.73. The van der Waals surface area contributed by atoms with E-state index in [0.717, 1.165) is 8.66 Å². The smallest absolute Gasteiger partial charge is 0.315 e. The van der Waals surface area contributed by atoms with Crippen molar-refractivity contribution < 1.29 is 14.3 Å². The summed E-state index contributed by atoms with van der Waals surface area (Å²) < 4.78 is 5.39. The number of esters is 1. The van der Waals surface area contributed by atoms with Crippen molar-refractivity contribution in [2.24, 2.45) is 0 Å². The van der Waals surface area contributed by atoms with E-state index >= 15 is 0 Å². The summed E-state index contributed by atoms with van der Waals surface area (Å²) >= 11 is 4.86. The number of rotatable bonds is 4. The van der Waals surface area contributed by atoms with E-state index in [1.165, 1.54) is 7.11 Å². The van der Waals surface area contributed by atoms with Crippen molar-refractivity contribution in [3.8, 4) is 0 Å². The molecule has 1 aromatic rings. The molecule has 1 rings (SSSR count). The lowest BCUT2D eigenvalue weighted by Crippen LogP contribution is -2.25. The first-order valence-electron chi connectivity index (χ1n) is 4.19. The van der Waals surface area contributed by atoms with E-state index in [-0.39, 0.29) is 12.3 Å². The number of carbonyl (C=O) groups is 2. The Hall–Kier alpha value is -0.880. The van der Waals surface area contributed by atoms with E-state index in [1.54, 1.807) is 11.3 Å². The van der Waals surface area contributed by atoms with Gasteiger partial charge in [0.05, 0.1) is 17.4 Å². The maximum atomic E-state index is 11.2. The molecule has 0 aliphatic heterocycles. The van der Waals surface area contributed by atoms with Gasteiger partial charge in [-0.2, -0.15) is 0 Å². The molecular weight excluding hydrogens is 282 g/mol. The molecular formula is C9H10BrNO3S. The Morgan fingerprint density at radius 2 is 2.27 bits per heavy atom. The van der Waals surface area contributed by atoms with Gasteiger partial charge in [0.2, 0.25) is 5.91 Å². The van der Waals surface area contributed by atoms with Gasteiger partial charge in [0.15, 0.2) is 0 Å². The molecule has 0 unspecified atom stereocenters. The molecule has 0 aromatic carbocycles. The fraction of sp³-hybridized carbons (Fsp3) is 0.333. The molecule has 4 nitrogen and oxygen atoms in total. The van der Waals surface area contributed by atoms with Crippen LogP contribution in [0.25, 0.3) is 0 Å². The van der Waals surface area contributed by atoms with Gasteiger partial charge in [-0.25, -0.2) is 0 Å². The average molecular weight is 292 g/mol. The van der Waals surface area contributed by atoms with Crippen molar-refractivity contribution in [3.63, 3.8) is 0 Å². The number of hydrogen-bond acceptors (Lipinski definition) is 4. The Bertz CT molecular complexity index is 364. The highest BCUT2D eigenvalue weighted by Gasteiger charge is 2.08. The molecule has 0 bridgehead atoms. The second kappa shape index (κ2) is 5.87. The quantitative estimate of drug-likeness (QED) is 0.678. The zero-order valence-electron chi connectivity index (χ0n) is 8.08. The zero-order chi connectivity index (χ0) is 11.3. The number of carbonyl (C=O) groups excluding carboxylic acids is 2. The highest BCUT2D eigenvalue weighted by molar-refractivity contribution is 9.11. The maximum Gasteiger partial charge on any atom is 0.315 e. The third kappa shape index (κ3) is 4.44. The summed E-state index contributed by atoms with van der Waals surface area (Å²) in [7, 11) is 1.26. The largest absolute Gasteiger partial charge is 0.469 e. The highest BCUT2D eigenvalue weighted by Crippen LogP contribution is 2.21. The van der Waals surface area contributed by atoms with Gasteiger partial charge >= 0.3 is 5.97 Å². The predicted molar refractivity (Wildman–Crippen MR) is 60.5 cm³/mol. The third-order valence-corrected chi connectivity index (χ3v) is 3.24. The van der Waals surface area contributed by atoms with Gasteiger partial charge in [-0.15, -0.1) is 11.3 Å². The van der Waals surface area contributed by atoms with Crippen LogP contribution in [0.4, 0.5) is 0 Å². The number of ether oxygens (including phenoxy) is 1. The Morgan fingerprint density at radius 1 is 1.53 bits per heavy atom. The van der Waals surface area contributed by atoms with E-state index in [4.69, 9.17) is 0 Å². The van der Waals surface area contributed by atoms with Crippen molar-refractivity contribution in [1.82, 2.24) is 5.32 Å². The van der Waals surface area contributed by atoms with Gasteiger partial charge in [-0.05, 0) is 28.1 Å². The number of methoxy groups -OCH3 is 1. The Kier molecular flexibility index (Phi) is 4.77. The zero-order valence-corrected chi connectivity index (χ0v) is 10.5. The van der Waals surface area contributed by atoms with Crippen molar-refractivity contribution in [3.05, 3.63) is 20.8 Å². The van der Waals surface area contributed by atoms with Crippen LogP contribution in [-0.4, -0.2) is 19.0 Å². The summed E-state index contributed by atoms with van der Waals surface area (Å²) in [4.78, 5) is 23.0. The lowest BCUT2D eigenvalue weighted by molar-refractivity contribution is -0.143. The molecule has 0 radical (unpaired) electrons. The maximum absolute atomic E-state index is 11.2. The summed E-state index contributed by atoms with van der Waals surface area (Å²) in [5, 5.41) is 2.63. The van der Waals surface area contributed by atoms with Gasteiger partial charge in [0.1, 0.15) is 6.42 Å². The van der Waals surface area contributed by atoms with Crippen LogP contribution in [0.1, 0.15) is 11.3 Å². The summed E-state index contributed by atoms with van der Waals surface area (Å²) in [6, 6.07) is 3.82. The molecule has 0 aliphatic carbocycles. The van der Waals surface area contributed by atoms with Crippen LogP contribution in [0.3, 0.4) is 0 Å². The Balaban J connectivity index is 2.31. The summed E-state index contributed by atoms with van der Waals surface area (Å²) in [5.74, 6) is -0.855. The number of amides is 1. The van der Waals surface area contributed by atoms with Gasteiger partial charge < -0.3 is 10.1 Å². The average Bonchev–Trinajstić information content (AvgIpc) is 2.61. The number of halogens is 1. The van der Waals surface area contributed by atoms with Gasteiger partial charge in [-0.3, -0.25) is 9.59 Å².